The van der Waals surface area contributed by atoms with Gasteiger partial charge >= 0.3 is 13.6 Å². The van der Waals surface area contributed by atoms with Crippen LogP contribution in [0.15, 0.2) is 24.3 Å². The van der Waals surface area contributed by atoms with Crippen molar-refractivity contribution in [3.05, 3.63) is 24.3 Å². The molecule has 2 amide bonds. The first kappa shape index (κ1) is 20.9. The zero-order chi connectivity index (χ0) is 20.9. The highest BCUT2D eigenvalue weighted by Crippen LogP contribution is 2.58. The Morgan fingerprint density at radius 3 is 2.39 bits per heavy atom. The summed E-state index contributed by atoms with van der Waals surface area (Å²) in [6, 6.07) is 0. The largest absolute Gasteiger partial charge is 0.459 e. The molecule has 28 heavy (non-hydrogen) atoms. The van der Waals surface area contributed by atoms with Gasteiger partial charge in [-0.2, -0.15) is 0 Å². The van der Waals surface area contributed by atoms with Crippen LogP contribution < -0.4 is 0 Å². The molecule has 9 nitrogen and oxygen atoms in total. The summed E-state index contributed by atoms with van der Waals surface area (Å²) in [6.07, 6.45) is 3.50. The van der Waals surface area contributed by atoms with Crippen LogP contribution in [0.1, 0.15) is 26.7 Å². The minimum absolute atomic E-state index is 0.00620. The van der Waals surface area contributed by atoms with E-state index in [1.54, 1.807) is 12.2 Å². The lowest BCUT2D eigenvalue weighted by molar-refractivity contribution is -0.158. The highest BCUT2D eigenvalue weighted by molar-refractivity contribution is 7.51. The topological polar surface area (TPSA) is 130 Å². The maximum absolute atomic E-state index is 13.0. The minimum atomic E-state index is -4.21. The van der Waals surface area contributed by atoms with Gasteiger partial charge in [-0.05, 0) is 25.8 Å². The molecule has 2 saturated heterocycles. The standard InChI is InChI=1S/C18H24NO8P/c1-4-17-6-7-18(27-17,10-26-16(22)11(2)3)13-12(17)14(20)19(15(13)21)8-5-9-28(23,24)25/h6-7,12-13H,2,4-5,8-10H2,1,3H3,(H2,23,24,25). The van der Waals surface area contributed by atoms with Gasteiger partial charge in [-0.25, -0.2) is 4.79 Å². The predicted octanol–water partition coefficient (Wildman–Crippen LogP) is 0.762. The molecule has 3 heterocycles. The summed E-state index contributed by atoms with van der Waals surface area (Å²) in [7, 11) is -4.21. The third kappa shape index (κ3) is 3.26. The molecule has 3 rings (SSSR count). The van der Waals surface area contributed by atoms with Crippen molar-refractivity contribution in [1.29, 1.82) is 0 Å². The Labute approximate surface area is 162 Å². The molecule has 0 aromatic carbocycles. The molecule has 2 N–H and O–H groups in total. The lowest BCUT2D eigenvalue weighted by Gasteiger charge is -2.29. The minimum Gasteiger partial charge on any atom is -0.459 e. The number of carbonyl (C=O) groups excluding carboxylic acids is 3. The molecule has 3 aliphatic rings. The summed E-state index contributed by atoms with van der Waals surface area (Å²) >= 11 is 0. The van der Waals surface area contributed by atoms with E-state index < -0.39 is 54.6 Å². The van der Waals surface area contributed by atoms with E-state index in [-0.39, 0.29) is 25.1 Å². The Bertz CT molecular complexity index is 816. The van der Waals surface area contributed by atoms with Gasteiger partial charge in [0.25, 0.3) is 0 Å². The predicted molar refractivity (Wildman–Crippen MR) is 97.0 cm³/mol. The van der Waals surface area contributed by atoms with Crippen LogP contribution in [0, 0.1) is 11.8 Å². The molecule has 3 aliphatic heterocycles. The van der Waals surface area contributed by atoms with Gasteiger partial charge in [0.15, 0.2) is 0 Å². The van der Waals surface area contributed by atoms with E-state index in [0.717, 1.165) is 4.90 Å². The zero-order valence-corrected chi connectivity index (χ0v) is 16.7. The molecule has 4 unspecified atom stereocenters. The molecular formula is C18H24NO8P. The normalized spacial score (nSPS) is 33.5. The summed E-state index contributed by atoms with van der Waals surface area (Å²) in [6.45, 7) is 6.58. The zero-order valence-electron chi connectivity index (χ0n) is 15.8. The van der Waals surface area contributed by atoms with Crippen molar-refractivity contribution in [3.63, 3.8) is 0 Å². The molecule has 2 fully saturated rings. The van der Waals surface area contributed by atoms with E-state index in [1.165, 1.54) is 6.92 Å². The van der Waals surface area contributed by atoms with E-state index >= 15 is 0 Å². The van der Waals surface area contributed by atoms with Crippen LogP contribution in [-0.2, 0) is 28.4 Å². The van der Waals surface area contributed by atoms with Crippen LogP contribution in [0.3, 0.4) is 0 Å². The summed E-state index contributed by atoms with van der Waals surface area (Å²) < 4.78 is 22.4. The van der Waals surface area contributed by atoms with E-state index in [2.05, 4.69) is 6.58 Å². The van der Waals surface area contributed by atoms with Gasteiger partial charge in [0.05, 0.1) is 23.6 Å². The molecule has 2 bridgehead atoms. The third-order valence-corrected chi connectivity index (χ3v) is 6.54. The number of imide groups is 1. The van der Waals surface area contributed by atoms with Gasteiger partial charge in [0.2, 0.25) is 11.8 Å². The second-order valence-corrected chi connectivity index (χ2v) is 9.36. The molecule has 10 heteroatoms. The SMILES string of the molecule is C=C(C)C(=O)OCC12C=CC(CC)(O1)C1C(=O)N(CCCP(=O)(O)O)C(=O)C12. The van der Waals surface area contributed by atoms with Gasteiger partial charge in [0.1, 0.15) is 12.2 Å². The summed E-state index contributed by atoms with van der Waals surface area (Å²) in [5.74, 6) is -3.07. The first-order valence-corrected chi connectivity index (χ1v) is 10.9. The highest BCUT2D eigenvalue weighted by atomic mass is 31.2. The average molecular weight is 413 g/mol. The van der Waals surface area contributed by atoms with Crippen LogP contribution in [0.4, 0.5) is 0 Å². The maximum atomic E-state index is 13.0. The molecule has 0 radical (unpaired) electrons. The maximum Gasteiger partial charge on any atom is 0.333 e. The molecule has 154 valence electrons. The number of rotatable bonds is 8. The molecule has 0 aromatic rings. The second kappa shape index (κ2) is 6.91. The molecule has 0 saturated carbocycles. The Morgan fingerprint density at radius 1 is 1.29 bits per heavy atom. The fraction of sp³-hybridized carbons (Fsp3) is 0.611. The van der Waals surface area contributed by atoms with Crippen LogP contribution in [0.25, 0.3) is 0 Å². The van der Waals surface area contributed by atoms with Crippen molar-refractivity contribution in [3.8, 4) is 0 Å². The number of carbonyl (C=O) groups is 3. The van der Waals surface area contributed by atoms with E-state index in [0.29, 0.717) is 6.42 Å². The number of hydrogen-bond donors (Lipinski definition) is 2. The first-order valence-electron chi connectivity index (χ1n) is 9.09. The lowest BCUT2D eigenvalue weighted by Crippen LogP contribution is -2.44. The average Bonchev–Trinajstić information content (AvgIpc) is 3.21. The molecule has 0 aromatic heterocycles. The number of esters is 1. The summed E-state index contributed by atoms with van der Waals surface area (Å²) in [5, 5.41) is 0. The van der Waals surface area contributed by atoms with Crippen molar-refractivity contribution < 1.29 is 38.2 Å². The van der Waals surface area contributed by atoms with Crippen LogP contribution in [0.5, 0.6) is 0 Å². The first-order chi connectivity index (χ1) is 13.0. The number of fused-ring (bicyclic) bond motifs is 5. The highest BCUT2D eigenvalue weighted by Gasteiger charge is 2.73. The van der Waals surface area contributed by atoms with Gasteiger partial charge < -0.3 is 19.3 Å². The van der Waals surface area contributed by atoms with Crippen molar-refractivity contribution >= 4 is 25.4 Å². The van der Waals surface area contributed by atoms with E-state index in [9.17, 15) is 18.9 Å². The summed E-state index contributed by atoms with van der Waals surface area (Å²) in [4.78, 5) is 56.9. The quantitative estimate of drug-likeness (QED) is 0.196. The third-order valence-electron chi connectivity index (χ3n) is 5.64. The monoisotopic (exact) mass is 413 g/mol. The number of nitrogens with zero attached hydrogens (tertiary/aromatic N) is 1. The number of likely N-dealkylation sites (tertiary alicyclic amines) is 1. The van der Waals surface area contributed by atoms with Crippen molar-refractivity contribution in [2.24, 2.45) is 11.8 Å². The number of hydrogen-bond acceptors (Lipinski definition) is 6. The van der Waals surface area contributed by atoms with Gasteiger partial charge in [0, 0.05) is 12.1 Å². The Balaban J connectivity index is 1.83. The fourth-order valence-corrected chi connectivity index (χ4v) is 4.84. The number of amides is 2. The Morgan fingerprint density at radius 2 is 1.86 bits per heavy atom. The van der Waals surface area contributed by atoms with E-state index in [1.807, 2.05) is 6.92 Å². The van der Waals surface area contributed by atoms with Crippen molar-refractivity contribution in [2.45, 2.75) is 37.9 Å². The van der Waals surface area contributed by atoms with Gasteiger partial charge in [-0.15, -0.1) is 0 Å². The molecular weight excluding hydrogens is 389 g/mol. The summed E-state index contributed by atoms with van der Waals surface area (Å²) in [5.41, 5.74) is -1.97. The van der Waals surface area contributed by atoms with Crippen LogP contribution >= 0.6 is 7.60 Å². The van der Waals surface area contributed by atoms with Crippen molar-refractivity contribution in [1.82, 2.24) is 4.90 Å². The second-order valence-electron chi connectivity index (χ2n) is 7.58. The molecule has 0 aliphatic carbocycles. The smallest absolute Gasteiger partial charge is 0.333 e. The molecule has 0 spiro atoms. The van der Waals surface area contributed by atoms with Gasteiger partial charge in [-0.3, -0.25) is 19.1 Å². The molecule has 4 atom stereocenters. The Hall–Kier alpha value is -1.80. The van der Waals surface area contributed by atoms with Crippen LogP contribution in [-0.4, -0.2) is 63.0 Å². The number of ether oxygens (including phenoxy) is 2. The van der Waals surface area contributed by atoms with Crippen LogP contribution in [0.2, 0.25) is 0 Å². The van der Waals surface area contributed by atoms with E-state index in [4.69, 9.17) is 19.3 Å². The lowest BCUT2D eigenvalue weighted by atomic mass is 9.71. The van der Waals surface area contributed by atoms with Gasteiger partial charge in [-0.1, -0.05) is 19.6 Å². The fourth-order valence-electron chi connectivity index (χ4n) is 4.28. The Kier molecular flexibility index (Phi) is 5.17. The van der Waals surface area contributed by atoms with Crippen molar-refractivity contribution in [2.75, 3.05) is 19.3 Å².